The fourth-order valence-electron chi connectivity index (χ4n) is 2.51. The summed E-state index contributed by atoms with van der Waals surface area (Å²) in [7, 11) is 0. The number of aromatic nitrogens is 2. The number of nitrogens with zero attached hydrogens (tertiary/aromatic N) is 3. The molecule has 2 heterocycles. The lowest BCUT2D eigenvalue weighted by atomic mass is 10.1. The molecule has 0 aliphatic carbocycles. The molecule has 0 saturated carbocycles. The van der Waals surface area contributed by atoms with Crippen molar-refractivity contribution < 1.29 is 9.53 Å². The third kappa shape index (κ3) is 4.00. The van der Waals surface area contributed by atoms with Gasteiger partial charge < -0.3 is 9.64 Å². The molecule has 1 amide bonds. The number of aromatic amines is 1. The van der Waals surface area contributed by atoms with Gasteiger partial charge in [0, 0.05) is 19.3 Å². The molecule has 1 aliphatic rings. The molecule has 1 aromatic rings. The van der Waals surface area contributed by atoms with Crippen LogP contribution in [0.5, 0.6) is 0 Å². The minimum Gasteiger partial charge on any atom is -0.444 e. The van der Waals surface area contributed by atoms with Gasteiger partial charge in [0.15, 0.2) is 0 Å². The third-order valence-corrected chi connectivity index (χ3v) is 3.53. The minimum absolute atomic E-state index is 0.126. The molecule has 2 rings (SSSR count). The Labute approximate surface area is 133 Å². The highest BCUT2D eigenvalue weighted by atomic mass is 16.6. The Hall–Kier alpha value is -2.56. The van der Waals surface area contributed by atoms with Gasteiger partial charge in [-0.3, -0.25) is 14.3 Å². The molecule has 23 heavy (non-hydrogen) atoms. The molecular weight excluding hydrogens is 300 g/mol. The van der Waals surface area contributed by atoms with E-state index in [4.69, 9.17) is 10.00 Å². The molecule has 1 atom stereocenters. The lowest BCUT2D eigenvalue weighted by Gasteiger charge is -2.34. The first-order chi connectivity index (χ1) is 10.7. The number of hydrogen-bond donors (Lipinski definition) is 1. The van der Waals surface area contributed by atoms with Crippen molar-refractivity contribution in [3.05, 3.63) is 32.6 Å². The van der Waals surface area contributed by atoms with Crippen molar-refractivity contribution in [1.29, 1.82) is 5.26 Å². The van der Waals surface area contributed by atoms with Gasteiger partial charge >= 0.3 is 11.8 Å². The van der Waals surface area contributed by atoms with Gasteiger partial charge in [0.25, 0.3) is 5.56 Å². The number of likely N-dealkylation sites (tertiary alicyclic amines) is 1. The van der Waals surface area contributed by atoms with Crippen LogP contribution in [-0.4, -0.2) is 39.2 Å². The van der Waals surface area contributed by atoms with Gasteiger partial charge in [-0.15, -0.1) is 0 Å². The molecule has 0 radical (unpaired) electrons. The third-order valence-electron chi connectivity index (χ3n) is 3.53. The van der Waals surface area contributed by atoms with E-state index in [-0.39, 0.29) is 11.6 Å². The topological polar surface area (TPSA) is 108 Å². The number of H-pyrrole nitrogens is 1. The smallest absolute Gasteiger partial charge is 0.410 e. The maximum atomic E-state index is 12.2. The quantitative estimate of drug-likeness (QED) is 0.829. The molecular formula is C15H20N4O4. The number of rotatable bonds is 1. The number of nitrogens with one attached hydrogen (secondary N) is 1. The van der Waals surface area contributed by atoms with Crippen LogP contribution in [-0.2, 0) is 4.74 Å². The average molecular weight is 320 g/mol. The standard InChI is InChI=1S/C15H20N4O4/c1-15(2,3)23-14(22)18-6-4-5-11(9-18)19-8-10(7-16)12(20)17-13(19)21/h8,11H,4-6,9H2,1-3H3,(H,17,20,21)/t11-/m0/s1. The highest BCUT2D eigenvalue weighted by Crippen LogP contribution is 2.22. The van der Waals surface area contributed by atoms with E-state index in [0.717, 1.165) is 0 Å². The van der Waals surface area contributed by atoms with E-state index >= 15 is 0 Å². The lowest BCUT2D eigenvalue weighted by molar-refractivity contribution is 0.0170. The van der Waals surface area contributed by atoms with E-state index in [9.17, 15) is 14.4 Å². The summed E-state index contributed by atoms with van der Waals surface area (Å²) in [5.41, 5.74) is -2.00. The molecule has 1 aliphatic heterocycles. The summed E-state index contributed by atoms with van der Waals surface area (Å²) in [6, 6.07) is 1.46. The van der Waals surface area contributed by atoms with Crippen LogP contribution in [0, 0.1) is 11.3 Å². The van der Waals surface area contributed by atoms with Gasteiger partial charge in [0.2, 0.25) is 0 Å². The van der Waals surface area contributed by atoms with Crippen LogP contribution in [0.15, 0.2) is 15.8 Å². The molecule has 0 aromatic carbocycles. The Morgan fingerprint density at radius 3 is 2.74 bits per heavy atom. The molecule has 8 heteroatoms. The molecule has 1 N–H and O–H groups in total. The summed E-state index contributed by atoms with van der Waals surface area (Å²) >= 11 is 0. The zero-order chi connectivity index (χ0) is 17.2. The Morgan fingerprint density at radius 1 is 1.43 bits per heavy atom. The number of carbonyl (C=O) groups excluding carboxylic acids is 1. The van der Waals surface area contributed by atoms with Crippen molar-refractivity contribution in [3.63, 3.8) is 0 Å². The first kappa shape index (κ1) is 16.8. The van der Waals surface area contributed by atoms with Crippen LogP contribution in [0.1, 0.15) is 45.2 Å². The predicted molar refractivity (Wildman–Crippen MR) is 82.1 cm³/mol. The monoisotopic (exact) mass is 320 g/mol. The molecule has 1 fully saturated rings. The number of piperidine rings is 1. The van der Waals surface area contributed by atoms with Gasteiger partial charge in [0.05, 0.1) is 6.04 Å². The van der Waals surface area contributed by atoms with Crippen LogP contribution >= 0.6 is 0 Å². The van der Waals surface area contributed by atoms with Gasteiger partial charge in [-0.1, -0.05) is 0 Å². The second-order valence-corrected chi connectivity index (χ2v) is 6.54. The summed E-state index contributed by atoms with van der Waals surface area (Å²) in [4.78, 5) is 39.3. The normalized spacial score (nSPS) is 18.3. The van der Waals surface area contributed by atoms with E-state index in [1.165, 1.54) is 10.8 Å². The van der Waals surface area contributed by atoms with Crippen molar-refractivity contribution in [3.8, 4) is 6.07 Å². The van der Waals surface area contributed by atoms with Gasteiger partial charge in [-0.05, 0) is 33.6 Å². The average Bonchev–Trinajstić information content (AvgIpc) is 2.46. The SMILES string of the molecule is CC(C)(C)OC(=O)N1CCC[C@H](n2cc(C#N)c(=O)[nH]c2=O)C1. The lowest BCUT2D eigenvalue weighted by Crippen LogP contribution is -2.46. The highest BCUT2D eigenvalue weighted by molar-refractivity contribution is 5.68. The van der Waals surface area contributed by atoms with E-state index in [2.05, 4.69) is 4.98 Å². The van der Waals surface area contributed by atoms with E-state index in [1.54, 1.807) is 31.7 Å². The maximum Gasteiger partial charge on any atom is 0.410 e. The molecule has 8 nitrogen and oxygen atoms in total. The first-order valence-electron chi connectivity index (χ1n) is 7.45. The van der Waals surface area contributed by atoms with Crippen molar-refractivity contribution in [2.24, 2.45) is 0 Å². The first-order valence-corrected chi connectivity index (χ1v) is 7.45. The maximum absolute atomic E-state index is 12.2. The molecule has 0 unspecified atom stereocenters. The Morgan fingerprint density at radius 2 is 2.13 bits per heavy atom. The summed E-state index contributed by atoms with van der Waals surface area (Å²) in [5.74, 6) is 0. The van der Waals surface area contributed by atoms with E-state index in [1.807, 2.05) is 0 Å². The fourth-order valence-corrected chi connectivity index (χ4v) is 2.51. The number of nitriles is 1. The van der Waals surface area contributed by atoms with Gasteiger partial charge in [0.1, 0.15) is 17.2 Å². The zero-order valence-electron chi connectivity index (χ0n) is 13.5. The largest absolute Gasteiger partial charge is 0.444 e. The second kappa shape index (κ2) is 6.28. The summed E-state index contributed by atoms with van der Waals surface area (Å²) < 4.78 is 6.66. The van der Waals surface area contributed by atoms with Gasteiger partial charge in [-0.25, -0.2) is 9.59 Å². The molecule has 1 aromatic heterocycles. The zero-order valence-corrected chi connectivity index (χ0v) is 13.5. The predicted octanol–water partition coefficient (Wildman–Crippen LogP) is 0.980. The summed E-state index contributed by atoms with van der Waals surface area (Å²) in [6.07, 6.45) is 2.21. The molecule has 1 saturated heterocycles. The second-order valence-electron chi connectivity index (χ2n) is 6.54. The van der Waals surface area contributed by atoms with Crippen molar-refractivity contribution >= 4 is 6.09 Å². The van der Waals surface area contributed by atoms with Gasteiger partial charge in [-0.2, -0.15) is 5.26 Å². The molecule has 0 bridgehead atoms. The number of amides is 1. The van der Waals surface area contributed by atoms with E-state index < -0.39 is 22.9 Å². The summed E-state index contributed by atoms with van der Waals surface area (Å²) in [5, 5.41) is 8.93. The van der Waals surface area contributed by atoms with Crippen molar-refractivity contribution in [2.75, 3.05) is 13.1 Å². The Bertz CT molecular complexity index is 750. The molecule has 124 valence electrons. The molecule has 0 spiro atoms. The van der Waals surface area contributed by atoms with Crippen LogP contribution in [0.2, 0.25) is 0 Å². The summed E-state index contributed by atoms with van der Waals surface area (Å²) in [6.45, 7) is 6.22. The van der Waals surface area contributed by atoms with Crippen molar-refractivity contribution in [2.45, 2.75) is 45.3 Å². The minimum atomic E-state index is -0.700. The fraction of sp³-hybridized carbons (Fsp3) is 0.600. The van der Waals surface area contributed by atoms with E-state index in [0.29, 0.717) is 25.9 Å². The number of ether oxygens (including phenoxy) is 1. The van der Waals surface area contributed by atoms with Crippen LogP contribution in [0.4, 0.5) is 4.79 Å². The highest BCUT2D eigenvalue weighted by Gasteiger charge is 2.29. The number of carbonyl (C=O) groups is 1. The Balaban J connectivity index is 2.22. The van der Waals surface area contributed by atoms with Crippen LogP contribution in [0.25, 0.3) is 0 Å². The van der Waals surface area contributed by atoms with Crippen LogP contribution < -0.4 is 11.2 Å². The number of hydrogen-bond acceptors (Lipinski definition) is 5. The Kier molecular flexibility index (Phi) is 4.59. The van der Waals surface area contributed by atoms with Crippen LogP contribution in [0.3, 0.4) is 0 Å². The van der Waals surface area contributed by atoms with Crippen molar-refractivity contribution in [1.82, 2.24) is 14.5 Å².